The Morgan fingerprint density at radius 2 is 0.882 bits per heavy atom. The van der Waals surface area contributed by atoms with Gasteiger partial charge in [0.25, 0.3) is 0 Å². The number of carbonyl (C=O) groups is 6. The second-order valence-corrected chi connectivity index (χ2v) is 20.1. The van der Waals surface area contributed by atoms with Crippen LogP contribution < -0.4 is 16.0 Å². The van der Waals surface area contributed by atoms with Gasteiger partial charge in [0, 0.05) is 24.3 Å². The Hall–Kier alpha value is -5.50. The van der Waals surface area contributed by atoms with Gasteiger partial charge in [-0.15, -0.1) is 0 Å². The molecule has 4 rings (SSSR count). The van der Waals surface area contributed by atoms with Crippen molar-refractivity contribution in [3.8, 4) is 0 Å². The van der Waals surface area contributed by atoms with Crippen LogP contribution in [0.1, 0.15) is 88.6 Å². The molecule has 0 saturated heterocycles. The van der Waals surface area contributed by atoms with E-state index in [1.165, 1.54) is 0 Å². The summed E-state index contributed by atoms with van der Waals surface area (Å²) in [7, 11) is 0. The molecular weight excluding hydrogens is 887 g/mol. The number of ether oxygens (including phenoxy) is 9. The zero-order chi connectivity index (χ0) is 50.6. The highest BCUT2D eigenvalue weighted by Gasteiger charge is 2.43. The number of amides is 3. The van der Waals surface area contributed by atoms with Crippen molar-refractivity contribution in [3.63, 3.8) is 0 Å². The van der Waals surface area contributed by atoms with Crippen LogP contribution in [0.5, 0.6) is 0 Å². The summed E-state index contributed by atoms with van der Waals surface area (Å²) in [5, 5.41) is 18.6. The van der Waals surface area contributed by atoms with Crippen LogP contribution in [-0.4, -0.2) is 133 Å². The number of alkyl carbamates (subject to hydrolysis) is 3. The molecule has 0 radical (unpaired) electrons. The maximum atomic E-state index is 14.3. The van der Waals surface area contributed by atoms with Gasteiger partial charge in [-0.1, -0.05) is 87.6 Å². The van der Waals surface area contributed by atoms with E-state index in [1.54, 1.807) is 120 Å². The van der Waals surface area contributed by atoms with Crippen LogP contribution in [0.4, 0.5) is 14.4 Å². The van der Waals surface area contributed by atoms with Crippen molar-refractivity contribution in [1.82, 2.24) is 16.0 Å². The second-order valence-electron chi connectivity index (χ2n) is 20.1. The van der Waals surface area contributed by atoms with Crippen molar-refractivity contribution < 1.29 is 76.5 Å². The average molecular weight is 958 g/mol. The molecule has 68 heavy (non-hydrogen) atoms. The second kappa shape index (κ2) is 24.2. The van der Waals surface area contributed by atoms with Crippen molar-refractivity contribution in [2.24, 2.45) is 17.8 Å². The molecule has 3 heterocycles. The molecule has 0 fully saturated rings. The molecule has 12 atom stereocenters. The van der Waals surface area contributed by atoms with E-state index >= 15 is 0 Å². The highest BCUT2D eigenvalue weighted by atomic mass is 16.6. The van der Waals surface area contributed by atoms with E-state index in [0.717, 1.165) is 5.56 Å². The number of esters is 3. The molecule has 0 aliphatic carbocycles. The molecule has 0 spiro atoms. The maximum Gasteiger partial charge on any atom is 0.407 e. The summed E-state index contributed by atoms with van der Waals surface area (Å²) in [4.78, 5) is 79.5. The number of rotatable bonds is 16. The van der Waals surface area contributed by atoms with E-state index in [9.17, 15) is 33.9 Å². The Balaban J connectivity index is 1.53. The number of carbonyl (C=O) groups excluding carboxylic acids is 6. The van der Waals surface area contributed by atoms with Crippen LogP contribution >= 0.6 is 0 Å². The van der Waals surface area contributed by atoms with E-state index in [1.807, 2.05) is 30.3 Å². The van der Waals surface area contributed by atoms with Crippen molar-refractivity contribution in [3.05, 3.63) is 72.4 Å². The Kier molecular flexibility index (Phi) is 19.6. The molecule has 378 valence electrons. The first-order chi connectivity index (χ1) is 31.7. The van der Waals surface area contributed by atoms with E-state index in [4.69, 9.17) is 42.6 Å². The van der Waals surface area contributed by atoms with Gasteiger partial charge in [0.05, 0.1) is 13.1 Å². The Labute approximate surface area is 398 Å². The molecule has 3 amide bonds. The first kappa shape index (κ1) is 55.1. The lowest BCUT2D eigenvalue weighted by molar-refractivity contribution is -0.191. The van der Waals surface area contributed by atoms with Crippen LogP contribution in [0.25, 0.3) is 0 Å². The first-order valence-electron chi connectivity index (χ1n) is 22.9. The number of benzene rings is 1. The number of hydrogen-bond donors (Lipinski definition) is 4. The number of aliphatic hydroxyl groups is 1. The van der Waals surface area contributed by atoms with Crippen LogP contribution in [-0.2, 0) is 63.6 Å². The van der Waals surface area contributed by atoms with Crippen molar-refractivity contribution in [2.75, 3.05) is 19.6 Å². The smallest absolute Gasteiger partial charge is 0.407 e. The monoisotopic (exact) mass is 957 g/mol. The Morgan fingerprint density at radius 3 is 1.28 bits per heavy atom. The minimum Gasteiger partial charge on any atom is -0.459 e. The number of aliphatic hydroxyl groups excluding tert-OH is 1. The van der Waals surface area contributed by atoms with Crippen LogP contribution in [0, 0.1) is 17.8 Å². The van der Waals surface area contributed by atoms with E-state index in [2.05, 4.69) is 16.0 Å². The summed E-state index contributed by atoms with van der Waals surface area (Å²) in [6.07, 6.45) is -3.10. The fraction of sp³-hybridized carbons (Fsp3) is 0.633. The third-order valence-corrected chi connectivity index (χ3v) is 10.3. The van der Waals surface area contributed by atoms with Crippen LogP contribution in [0.2, 0.25) is 0 Å². The van der Waals surface area contributed by atoms with Crippen LogP contribution in [0.15, 0.2) is 66.8 Å². The summed E-state index contributed by atoms with van der Waals surface area (Å²) in [6.45, 7) is 19.5. The number of hydrogen-bond acceptors (Lipinski definition) is 16. The van der Waals surface area contributed by atoms with E-state index in [0.29, 0.717) is 0 Å². The van der Waals surface area contributed by atoms with Gasteiger partial charge in [-0.05, 0) is 67.9 Å². The van der Waals surface area contributed by atoms with Gasteiger partial charge >= 0.3 is 36.2 Å². The molecule has 0 bridgehead atoms. The predicted molar refractivity (Wildman–Crippen MR) is 246 cm³/mol. The summed E-state index contributed by atoms with van der Waals surface area (Å²) in [5.74, 6) is -3.93. The van der Waals surface area contributed by atoms with E-state index in [-0.39, 0.29) is 26.2 Å². The largest absolute Gasteiger partial charge is 0.459 e. The topological polar surface area (TPSA) is 242 Å². The van der Waals surface area contributed by atoms with Gasteiger partial charge < -0.3 is 63.7 Å². The van der Waals surface area contributed by atoms with E-state index < -0.39 is 126 Å². The maximum absolute atomic E-state index is 14.3. The number of nitrogens with one attached hydrogen (secondary N) is 3. The summed E-state index contributed by atoms with van der Waals surface area (Å²) < 4.78 is 52.3. The summed E-state index contributed by atoms with van der Waals surface area (Å²) in [6, 6.07) is 9.13. The molecule has 1 aromatic rings. The molecule has 19 heteroatoms. The van der Waals surface area contributed by atoms with Gasteiger partial charge in [-0.25, -0.2) is 28.8 Å². The molecule has 1 aromatic carbocycles. The lowest BCUT2D eigenvalue weighted by Crippen LogP contribution is -2.52. The molecule has 0 unspecified atom stereocenters. The van der Waals surface area contributed by atoms with Crippen molar-refractivity contribution in [1.29, 1.82) is 0 Å². The summed E-state index contributed by atoms with van der Waals surface area (Å²) in [5.41, 5.74) is -1.69. The first-order valence-corrected chi connectivity index (χ1v) is 22.9. The third kappa shape index (κ3) is 18.2. The highest BCUT2D eigenvalue weighted by Crippen LogP contribution is 2.29. The molecular formula is C49H71N3O16. The fourth-order valence-electron chi connectivity index (χ4n) is 6.93. The van der Waals surface area contributed by atoms with Gasteiger partial charge in [0.1, 0.15) is 60.0 Å². The van der Waals surface area contributed by atoms with Gasteiger partial charge in [-0.2, -0.15) is 0 Å². The average Bonchev–Trinajstić information content (AvgIpc) is 3.23. The lowest BCUT2D eigenvalue weighted by Gasteiger charge is -2.37. The third-order valence-electron chi connectivity index (χ3n) is 10.3. The fourth-order valence-corrected chi connectivity index (χ4v) is 6.93. The van der Waals surface area contributed by atoms with Crippen molar-refractivity contribution in [2.45, 2.75) is 161 Å². The zero-order valence-electron chi connectivity index (χ0n) is 41.2. The predicted octanol–water partition coefficient (Wildman–Crippen LogP) is 5.37. The molecule has 0 saturated carbocycles. The normalized spacial score (nSPS) is 26.2. The Morgan fingerprint density at radius 1 is 0.529 bits per heavy atom. The summed E-state index contributed by atoms with van der Waals surface area (Å²) >= 11 is 0. The molecule has 0 aromatic heterocycles. The lowest BCUT2D eigenvalue weighted by atomic mass is 9.97. The quantitative estimate of drug-likeness (QED) is 0.0925. The standard InChI is InChI=1S/C49H71N3O16/c1-28-19-22-34(62-38(28)41(54)60-27-31-16-14-13-15-17-31)36(25-51-45(58)67-48(7,8)9)65-43(56)40-30(3)20-23-35(63-40)37(26-52-46(59)68-49(10,11)12)64-42(55)39-29(2)18-21-33(61-39)32(53)24-50-44(57)66-47(4,5)6/h13-23,28-30,32-40,53H,24-27H2,1-12H3,(H,50,57)(H,51,58)(H,52,59)/t28-,29-,30-,32+,33-,34-,35-,36+,37+,38+,39+,40+/m0/s1. The SMILES string of the molecule is C[C@H]1C=C[C@@H]([C@H](O)CNC(=O)OC(C)(C)C)O[C@H]1C(=O)O[C@H](CNC(=O)OC(C)(C)C)[C@@H]1C=C[C@H](C)[C@H](C(=O)O[C@H](CNC(=O)OC(C)(C)C)[C@@H]2C=C[C@H](C)[C@H](C(=O)OCc3ccccc3)O2)O1. The molecule has 3 aliphatic rings. The Bertz CT molecular complexity index is 1970. The van der Waals surface area contributed by atoms with Crippen LogP contribution in [0.3, 0.4) is 0 Å². The minimum atomic E-state index is -1.32. The van der Waals surface area contributed by atoms with Gasteiger partial charge in [-0.3, -0.25) is 0 Å². The molecule has 19 nitrogen and oxygen atoms in total. The molecule has 3 aliphatic heterocycles. The molecule has 4 N–H and O–H groups in total. The highest BCUT2D eigenvalue weighted by molar-refractivity contribution is 5.78. The minimum absolute atomic E-state index is 0.0108. The van der Waals surface area contributed by atoms with Gasteiger partial charge in [0.2, 0.25) is 0 Å². The van der Waals surface area contributed by atoms with Crippen molar-refractivity contribution >= 4 is 36.2 Å². The van der Waals surface area contributed by atoms with Gasteiger partial charge in [0.15, 0.2) is 18.3 Å². The zero-order valence-corrected chi connectivity index (χ0v) is 41.2.